The second-order valence-corrected chi connectivity index (χ2v) is 6.17. The second-order valence-electron chi connectivity index (χ2n) is 6.17. The average molecular weight is 288 g/mol. The Morgan fingerprint density at radius 1 is 1.10 bits per heavy atom. The van der Waals surface area contributed by atoms with Gasteiger partial charge in [-0.15, -0.1) is 0 Å². The average Bonchev–Trinajstić information content (AvgIpc) is 3.34. The summed E-state index contributed by atoms with van der Waals surface area (Å²) in [6, 6.07) is 11.8. The van der Waals surface area contributed by atoms with Crippen molar-refractivity contribution in [3.8, 4) is 0 Å². The molecule has 1 N–H and O–H groups in total. The first-order valence-corrected chi connectivity index (χ1v) is 8.01. The molecule has 1 saturated carbocycles. The Balaban J connectivity index is 1.55. The summed E-state index contributed by atoms with van der Waals surface area (Å²) in [5.41, 5.74) is 1.31. The highest BCUT2D eigenvalue weighted by molar-refractivity contribution is 5.66. The lowest BCUT2D eigenvalue weighted by atomic mass is 10.0. The van der Waals surface area contributed by atoms with E-state index in [0.29, 0.717) is 12.1 Å². The summed E-state index contributed by atoms with van der Waals surface area (Å²) in [5, 5.41) is 8.92. The van der Waals surface area contributed by atoms with Crippen molar-refractivity contribution in [2.45, 2.75) is 44.2 Å². The highest BCUT2D eigenvalue weighted by atomic mass is 16.4. The minimum atomic E-state index is -0.678. The molecule has 2 fully saturated rings. The number of carboxylic acid groups (broad SMARTS) is 1. The molecule has 0 radical (unpaired) electrons. The largest absolute Gasteiger partial charge is 0.481 e. The first kappa shape index (κ1) is 14.4. The number of para-hydroxylation sites is 1. The number of nitrogens with zero attached hydrogens (tertiary/aromatic N) is 2. The van der Waals surface area contributed by atoms with Gasteiger partial charge in [-0.3, -0.25) is 9.69 Å². The molecule has 0 aromatic heterocycles. The Kier molecular flexibility index (Phi) is 4.44. The van der Waals surface area contributed by atoms with Gasteiger partial charge in [0, 0.05) is 37.4 Å². The van der Waals surface area contributed by atoms with Gasteiger partial charge in [0.2, 0.25) is 0 Å². The van der Waals surface area contributed by atoms with Crippen molar-refractivity contribution in [2.24, 2.45) is 0 Å². The van der Waals surface area contributed by atoms with Gasteiger partial charge in [0.25, 0.3) is 0 Å². The second kappa shape index (κ2) is 6.48. The fourth-order valence-corrected chi connectivity index (χ4v) is 3.39. The predicted molar refractivity (Wildman–Crippen MR) is 83.7 cm³/mol. The summed E-state index contributed by atoms with van der Waals surface area (Å²) in [6.07, 6.45) is 5.06. The number of carbonyl (C=O) groups is 1. The van der Waals surface area contributed by atoms with E-state index in [1.54, 1.807) is 0 Å². The molecule has 0 bridgehead atoms. The number of carboxylic acids is 1. The molecule has 1 saturated heterocycles. The number of hydrogen-bond acceptors (Lipinski definition) is 3. The summed E-state index contributed by atoms with van der Waals surface area (Å²) in [5.74, 6) is -0.678. The molecule has 21 heavy (non-hydrogen) atoms. The van der Waals surface area contributed by atoms with Crippen molar-refractivity contribution >= 4 is 11.7 Å². The van der Waals surface area contributed by atoms with Crippen molar-refractivity contribution in [3.05, 3.63) is 30.3 Å². The summed E-state index contributed by atoms with van der Waals surface area (Å²) in [7, 11) is 0. The zero-order valence-corrected chi connectivity index (χ0v) is 12.4. The van der Waals surface area contributed by atoms with Crippen molar-refractivity contribution in [2.75, 3.05) is 24.5 Å². The molecule has 1 aromatic rings. The summed E-state index contributed by atoms with van der Waals surface area (Å²) < 4.78 is 0. The van der Waals surface area contributed by atoms with Gasteiger partial charge in [-0.2, -0.15) is 0 Å². The lowest BCUT2D eigenvalue weighted by molar-refractivity contribution is -0.137. The molecule has 3 rings (SSSR count). The number of aliphatic carboxylic acids is 1. The SMILES string of the molecule is O=C(O)CCN(C1CC1)C1CCN(c2ccccc2)CC1. The molecule has 0 spiro atoms. The zero-order valence-electron chi connectivity index (χ0n) is 12.4. The lowest BCUT2D eigenvalue weighted by Crippen LogP contribution is -2.46. The maximum atomic E-state index is 10.8. The molecule has 114 valence electrons. The smallest absolute Gasteiger partial charge is 0.304 e. The zero-order chi connectivity index (χ0) is 14.7. The number of benzene rings is 1. The molecule has 0 atom stereocenters. The highest BCUT2D eigenvalue weighted by Crippen LogP contribution is 2.32. The van der Waals surface area contributed by atoms with Gasteiger partial charge in [-0.25, -0.2) is 0 Å². The van der Waals surface area contributed by atoms with Gasteiger partial charge in [0.1, 0.15) is 0 Å². The Bertz CT molecular complexity index is 465. The number of piperidine rings is 1. The van der Waals surface area contributed by atoms with Gasteiger partial charge >= 0.3 is 5.97 Å². The summed E-state index contributed by atoms with van der Waals surface area (Å²) >= 11 is 0. The maximum Gasteiger partial charge on any atom is 0.304 e. The van der Waals surface area contributed by atoms with Crippen LogP contribution in [0.25, 0.3) is 0 Å². The monoisotopic (exact) mass is 288 g/mol. The number of hydrogen-bond donors (Lipinski definition) is 1. The van der Waals surface area contributed by atoms with Crippen LogP contribution in [0.2, 0.25) is 0 Å². The van der Waals surface area contributed by atoms with Crippen LogP contribution in [0.15, 0.2) is 30.3 Å². The minimum Gasteiger partial charge on any atom is -0.481 e. The predicted octanol–water partition coefficient (Wildman–Crippen LogP) is 2.59. The van der Waals surface area contributed by atoms with E-state index in [2.05, 4.69) is 40.1 Å². The first-order chi connectivity index (χ1) is 10.2. The quantitative estimate of drug-likeness (QED) is 0.874. The maximum absolute atomic E-state index is 10.8. The van der Waals surface area contributed by atoms with Crippen LogP contribution in [0.5, 0.6) is 0 Å². The van der Waals surface area contributed by atoms with Crippen molar-refractivity contribution in [1.82, 2.24) is 4.90 Å². The molecule has 2 aliphatic rings. The van der Waals surface area contributed by atoms with Crippen molar-refractivity contribution in [1.29, 1.82) is 0 Å². The van der Waals surface area contributed by atoms with Crippen LogP contribution in [-0.2, 0) is 4.79 Å². The third kappa shape index (κ3) is 3.76. The topological polar surface area (TPSA) is 43.8 Å². The molecule has 4 heteroatoms. The fourth-order valence-electron chi connectivity index (χ4n) is 3.39. The summed E-state index contributed by atoms with van der Waals surface area (Å²) in [4.78, 5) is 15.7. The van der Waals surface area contributed by atoms with Gasteiger partial charge in [0.05, 0.1) is 6.42 Å². The normalized spacial score (nSPS) is 20.0. The van der Waals surface area contributed by atoms with Gasteiger partial charge < -0.3 is 10.0 Å². The van der Waals surface area contributed by atoms with Crippen LogP contribution >= 0.6 is 0 Å². The molecular formula is C17H24N2O2. The van der Waals surface area contributed by atoms with Gasteiger partial charge in [-0.05, 0) is 37.8 Å². The van der Waals surface area contributed by atoms with Gasteiger partial charge in [-0.1, -0.05) is 18.2 Å². The molecular weight excluding hydrogens is 264 g/mol. The van der Waals surface area contributed by atoms with Crippen LogP contribution in [0.1, 0.15) is 32.1 Å². The molecule has 1 heterocycles. The van der Waals surface area contributed by atoms with E-state index in [9.17, 15) is 4.79 Å². The number of anilines is 1. The first-order valence-electron chi connectivity index (χ1n) is 8.01. The van der Waals surface area contributed by atoms with Crippen LogP contribution in [0, 0.1) is 0 Å². The van der Waals surface area contributed by atoms with E-state index in [1.165, 1.54) is 18.5 Å². The third-order valence-corrected chi connectivity index (χ3v) is 4.65. The molecule has 4 nitrogen and oxygen atoms in total. The van der Waals surface area contributed by atoms with Crippen LogP contribution < -0.4 is 4.90 Å². The Morgan fingerprint density at radius 2 is 1.71 bits per heavy atom. The standard InChI is InChI=1S/C17H24N2O2/c20-17(21)10-13-19(15-6-7-15)16-8-11-18(12-9-16)14-4-2-1-3-5-14/h1-5,15-16H,6-13H2,(H,20,21). The van der Waals surface area contributed by atoms with Crippen LogP contribution in [0.4, 0.5) is 5.69 Å². The molecule has 0 unspecified atom stereocenters. The third-order valence-electron chi connectivity index (χ3n) is 4.65. The van der Waals surface area contributed by atoms with E-state index in [0.717, 1.165) is 32.5 Å². The lowest BCUT2D eigenvalue weighted by Gasteiger charge is -2.39. The van der Waals surface area contributed by atoms with E-state index in [-0.39, 0.29) is 6.42 Å². The van der Waals surface area contributed by atoms with Crippen molar-refractivity contribution in [3.63, 3.8) is 0 Å². The van der Waals surface area contributed by atoms with Crippen LogP contribution in [0.3, 0.4) is 0 Å². The Hall–Kier alpha value is -1.55. The molecule has 1 aliphatic heterocycles. The van der Waals surface area contributed by atoms with Crippen molar-refractivity contribution < 1.29 is 9.90 Å². The Labute approximate surface area is 126 Å². The number of rotatable bonds is 6. The Morgan fingerprint density at radius 3 is 2.29 bits per heavy atom. The van der Waals surface area contributed by atoms with Gasteiger partial charge in [0.15, 0.2) is 0 Å². The molecule has 0 amide bonds. The highest BCUT2D eigenvalue weighted by Gasteiger charge is 2.35. The van der Waals surface area contributed by atoms with E-state index >= 15 is 0 Å². The van der Waals surface area contributed by atoms with E-state index < -0.39 is 5.97 Å². The minimum absolute atomic E-state index is 0.273. The fraction of sp³-hybridized carbons (Fsp3) is 0.588. The molecule has 1 aromatic carbocycles. The van der Waals surface area contributed by atoms with E-state index in [4.69, 9.17) is 5.11 Å². The molecule has 1 aliphatic carbocycles. The van der Waals surface area contributed by atoms with E-state index in [1.807, 2.05) is 0 Å². The summed E-state index contributed by atoms with van der Waals surface area (Å²) in [6.45, 7) is 2.87. The van der Waals surface area contributed by atoms with Crippen LogP contribution in [-0.4, -0.2) is 47.7 Å².